The summed E-state index contributed by atoms with van der Waals surface area (Å²) in [6, 6.07) is 14.8. The molecule has 118 valence electrons. The average Bonchev–Trinajstić information content (AvgIpc) is 3.05. The fourth-order valence-electron chi connectivity index (χ4n) is 3.46. The van der Waals surface area contributed by atoms with Crippen molar-refractivity contribution in [2.24, 2.45) is 5.73 Å². The van der Waals surface area contributed by atoms with Gasteiger partial charge in [0.15, 0.2) is 5.82 Å². The molecule has 0 amide bonds. The Morgan fingerprint density at radius 2 is 1.78 bits per heavy atom. The third-order valence-corrected chi connectivity index (χ3v) is 4.83. The minimum absolute atomic E-state index is 0.399. The number of hydrogen-bond acceptors (Lipinski definition) is 4. The normalized spacial score (nSPS) is 17.4. The van der Waals surface area contributed by atoms with Gasteiger partial charge in [-0.25, -0.2) is 0 Å². The van der Waals surface area contributed by atoms with Gasteiger partial charge in [-0.3, -0.25) is 0 Å². The van der Waals surface area contributed by atoms with Gasteiger partial charge in [0.25, 0.3) is 0 Å². The summed E-state index contributed by atoms with van der Waals surface area (Å²) in [5, 5.41) is 6.63. The molecule has 1 aliphatic rings. The number of hydrogen-bond donors (Lipinski definition) is 1. The maximum absolute atomic E-state index is 6.48. The molecule has 0 unspecified atom stereocenters. The fourth-order valence-corrected chi connectivity index (χ4v) is 3.46. The Bertz CT molecular complexity index is 818. The molecule has 0 aliphatic heterocycles. The highest BCUT2D eigenvalue weighted by Crippen LogP contribution is 2.33. The number of fused-ring (bicyclic) bond motifs is 1. The molecular formula is C19H21N3O. The van der Waals surface area contributed by atoms with E-state index in [1.807, 2.05) is 0 Å². The summed E-state index contributed by atoms with van der Waals surface area (Å²) in [5.74, 6) is 1.32. The Morgan fingerprint density at radius 3 is 2.61 bits per heavy atom. The van der Waals surface area contributed by atoms with Crippen molar-refractivity contribution >= 4 is 10.8 Å². The second-order valence-corrected chi connectivity index (χ2v) is 6.59. The third-order valence-electron chi connectivity index (χ3n) is 4.83. The van der Waals surface area contributed by atoms with E-state index in [2.05, 4.69) is 52.6 Å². The first kappa shape index (κ1) is 14.4. The van der Waals surface area contributed by atoms with Gasteiger partial charge in [0.1, 0.15) is 0 Å². The van der Waals surface area contributed by atoms with Crippen LogP contribution in [0.3, 0.4) is 0 Å². The Balaban J connectivity index is 1.56. The van der Waals surface area contributed by atoms with E-state index >= 15 is 0 Å². The molecule has 0 atom stereocenters. The zero-order valence-corrected chi connectivity index (χ0v) is 13.2. The zero-order valence-electron chi connectivity index (χ0n) is 13.2. The van der Waals surface area contributed by atoms with Gasteiger partial charge in [0.2, 0.25) is 5.89 Å². The highest BCUT2D eigenvalue weighted by molar-refractivity contribution is 5.83. The van der Waals surface area contributed by atoms with Crippen molar-refractivity contribution < 1.29 is 4.52 Å². The molecule has 1 heterocycles. The number of nitrogens with zero attached hydrogens (tertiary/aromatic N) is 2. The van der Waals surface area contributed by atoms with Crippen LogP contribution in [0.25, 0.3) is 10.8 Å². The molecule has 23 heavy (non-hydrogen) atoms. The van der Waals surface area contributed by atoms with Crippen LogP contribution in [-0.4, -0.2) is 10.1 Å². The topological polar surface area (TPSA) is 64.9 Å². The Morgan fingerprint density at radius 1 is 1.00 bits per heavy atom. The van der Waals surface area contributed by atoms with E-state index in [4.69, 9.17) is 10.3 Å². The van der Waals surface area contributed by atoms with Gasteiger partial charge >= 0.3 is 0 Å². The maximum Gasteiger partial charge on any atom is 0.231 e. The van der Waals surface area contributed by atoms with Crippen LogP contribution in [-0.2, 0) is 12.0 Å². The van der Waals surface area contributed by atoms with Gasteiger partial charge in [-0.2, -0.15) is 4.98 Å². The number of aromatic nitrogens is 2. The monoisotopic (exact) mass is 307 g/mol. The van der Waals surface area contributed by atoms with Gasteiger partial charge in [-0.1, -0.05) is 66.9 Å². The van der Waals surface area contributed by atoms with E-state index in [0.29, 0.717) is 18.1 Å². The molecule has 3 aromatic rings. The van der Waals surface area contributed by atoms with Crippen LogP contribution in [0.1, 0.15) is 49.4 Å². The van der Waals surface area contributed by atoms with Crippen LogP contribution in [0, 0.1) is 0 Å². The molecule has 2 aromatic carbocycles. The molecule has 2 N–H and O–H groups in total. The summed E-state index contributed by atoms with van der Waals surface area (Å²) in [5.41, 5.74) is 7.25. The third kappa shape index (κ3) is 2.86. The van der Waals surface area contributed by atoms with Crippen LogP contribution >= 0.6 is 0 Å². The molecular weight excluding hydrogens is 286 g/mol. The van der Waals surface area contributed by atoms with Crippen LogP contribution in [0.2, 0.25) is 0 Å². The van der Waals surface area contributed by atoms with Gasteiger partial charge < -0.3 is 10.3 Å². The largest absolute Gasteiger partial charge is 0.339 e. The first-order valence-corrected chi connectivity index (χ1v) is 8.33. The van der Waals surface area contributed by atoms with Crippen molar-refractivity contribution in [3.05, 3.63) is 59.7 Å². The van der Waals surface area contributed by atoms with Crippen molar-refractivity contribution in [1.29, 1.82) is 0 Å². The molecule has 0 spiro atoms. The second-order valence-electron chi connectivity index (χ2n) is 6.59. The Hall–Kier alpha value is -2.20. The van der Waals surface area contributed by atoms with E-state index in [9.17, 15) is 0 Å². The van der Waals surface area contributed by atoms with E-state index < -0.39 is 5.54 Å². The lowest BCUT2D eigenvalue weighted by molar-refractivity contribution is 0.273. The predicted molar refractivity (Wildman–Crippen MR) is 90.0 cm³/mol. The average molecular weight is 307 g/mol. The summed E-state index contributed by atoms with van der Waals surface area (Å²) in [6.07, 6.45) is 6.08. The molecule has 4 nitrogen and oxygen atoms in total. The summed E-state index contributed by atoms with van der Waals surface area (Å²) < 4.78 is 5.46. The Labute approximate surface area is 135 Å². The summed E-state index contributed by atoms with van der Waals surface area (Å²) in [4.78, 5) is 4.58. The quantitative estimate of drug-likeness (QED) is 0.796. The van der Waals surface area contributed by atoms with Crippen molar-refractivity contribution in [3.8, 4) is 0 Å². The Kier molecular flexibility index (Phi) is 3.62. The lowest BCUT2D eigenvalue weighted by atomic mass is 9.82. The van der Waals surface area contributed by atoms with E-state index in [1.54, 1.807) is 0 Å². The molecule has 1 fully saturated rings. The predicted octanol–water partition coefficient (Wildman–Crippen LogP) is 3.93. The SMILES string of the molecule is NC1(c2noc(Cc3ccc4ccccc4c3)n2)CCCCC1. The van der Waals surface area contributed by atoms with Gasteiger partial charge in [0.05, 0.1) is 12.0 Å². The van der Waals surface area contributed by atoms with Crippen LogP contribution in [0.15, 0.2) is 47.0 Å². The molecule has 1 saturated carbocycles. The van der Waals surface area contributed by atoms with Crippen molar-refractivity contribution in [3.63, 3.8) is 0 Å². The van der Waals surface area contributed by atoms with Crippen LogP contribution in [0.4, 0.5) is 0 Å². The molecule has 0 saturated heterocycles. The first-order valence-electron chi connectivity index (χ1n) is 8.33. The van der Waals surface area contributed by atoms with Gasteiger partial charge in [0, 0.05) is 0 Å². The molecule has 1 aliphatic carbocycles. The number of benzene rings is 2. The smallest absolute Gasteiger partial charge is 0.231 e. The van der Waals surface area contributed by atoms with E-state index in [-0.39, 0.29) is 0 Å². The van der Waals surface area contributed by atoms with E-state index in [0.717, 1.165) is 25.7 Å². The fraction of sp³-hybridized carbons (Fsp3) is 0.368. The molecule has 0 radical (unpaired) electrons. The molecule has 0 bridgehead atoms. The number of nitrogens with two attached hydrogens (primary N) is 1. The summed E-state index contributed by atoms with van der Waals surface area (Å²) in [6.45, 7) is 0. The molecule has 4 heteroatoms. The lowest BCUT2D eigenvalue weighted by Crippen LogP contribution is -2.39. The standard InChI is InChI=1S/C19H21N3O/c20-19(10-4-1-5-11-19)18-21-17(23-22-18)13-14-8-9-15-6-2-3-7-16(15)12-14/h2-3,6-9,12H,1,4-5,10-11,13,20H2. The van der Waals surface area contributed by atoms with Gasteiger partial charge in [-0.15, -0.1) is 0 Å². The van der Waals surface area contributed by atoms with Crippen molar-refractivity contribution in [2.45, 2.75) is 44.1 Å². The molecule has 4 rings (SSSR count). The minimum atomic E-state index is -0.399. The van der Waals surface area contributed by atoms with Crippen molar-refractivity contribution in [1.82, 2.24) is 10.1 Å². The number of rotatable bonds is 3. The first-order chi connectivity index (χ1) is 11.2. The molecule has 1 aromatic heterocycles. The zero-order chi connectivity index (χ0) is 15.7. The summed E-state index contributed by atoms with van der Waals surface area (Å²) in [7, 11) is 0. The highest BCUT2D eigenvalue weighted by atomic mass is 16.5. The second kappa shape index (κ2) is 5.78. The maximum atomic E-state index is 6.48. The van der Waals surface area contributed by atoms with Crippen LogP contribution in [0.5, 0.6) is 0 Å². The summed E-state index contributed by atoms with van der Waals surface area (Å²) >= 11 is 0. The minimum Gasteiger partial charge on any atom is -0.339 e. The lowest BCUT2D eigenvalue weighted by Gasteiger charge is -2.29. The van der Waals surface area contributed by atoms with Crippen LogP contribution < -0.4 is 5.73 Å². The van der Waals surface area contributed by atoms with Gasteiger partial charge in [-0.05, 0) is 29.2 Å². The van der Waals surface area contributed by atoms with E-state index in [1.165, 1.54) is 22.8 Å². The highest BCUT2D eigenvalue weighted by Gasteiger charge is 2.34. The van der Waals surface area contributed by atoms with Crippen molar-refractivity contribution in [2.75, 3.05) is 0 Å².